The third-order valence-electron chi connectivity index (χ3n) is 5.18. The summed E-state index contributed by atoms with van der Waals surface area (Å²) in [6.07, 6.45) is 3.39. The Bertz CT molecular complexity index is 1030. The van der Waals surface area contributed by atoms with Gasteiger partial charge in [0.05, 0.1) is 37.8 Å². The van der Waals surface area contributed by atoms with Gasteiger partial charge in [0.1, 0.15) is 17.3 Å². The van der Waals surface area contributed by atoms with Gasteiger partial charge in [-0.2, -0.15) is 0 Å². The van der Waals surface area contributed by atoms with Crippen molar-refractivity contribution in [1.82, 2.24) is 15.1 Å². The Morgan fingerprint density at radius 1 is 1.27 bits per heavy atom. The maximum atomic E-state index is 13.0. The first-order valence-electron chi connectivity index (χ1n) is 9.63. The molecule has 0 bridgehead atoms. The lowest BCUT2D eigenvalue weighted by Gasteiger charge is -2.26. The molecule has 8 nitrogen and oxygen atoms in total. The number of aromatic nitrogens is 2. The van der Waals surface area contributed by atoms with E-state index in [1.165, 1.54) is 11.8 Å². The number of benzene rings is 1. The molecule has 1 amide bonds. The van der Waals surface area contributed by atoms with Gasteiger partial charge in [0.15, 0.2) is 0 Å². The van der Waals surface area contributed by atoms with Gasteiger partial charge in [-0.15, -0.1) is 10.2 Å². The topological polar surface area (TPSA) is 90.8 Å². The monoisotopic (exact) mass is 429 g/mol. The summed E-state index contributed by atoms with van der Waals surface area (Å²) in [6, 6.07) is 7.41. The minimum atomic E-state index is -0.0463. The molecule has 0 aliphatic carbocycles. The van der Waals surface area contributed by atoms with Crippen LogP contribution in [-0.4, -0.2) is 47.5 Å². The highest BCUT2D eigenvalue weighted by atomic mass is 32.2. The van der Waals surface area contributed by atoms with Gasteiger partial charge < -0.3 is 23.2 Å². The summed E-state index contributed by atoms with van der Waals surface area (Å²) in [4.78, 5) is 14.9. The Kier molecular flexibility index (Phi) is 5.98. The quantitative estimate of drug-likeness (QED) is 0.518. The SMILES string of the molecule is COc1ccc(OC)c([C@H]2CCCN2C(=O)CSc2nnc(-c3ccoc3C)o2)c1. The summed E-state index contributed by atoms with van der Waals surface area (Å²) in [5, 5.41) is 8.44. The summed E-state index contributed by atoms with van der Waals surface area (Å²) >= 11 is 1.24. The predicted molar refractivity (Wildman–Crippen MR) is 111 cm³/mol. The highest BCUT2D eigenvalue weighted by Crippen LogP contribution is 2.39. The van der Waals surface area contributed by atoms with Crippen molar-refractivity contribution in [2.45, 2.75) is 31.0 Å². The normalized spacial score (nSPS) is 16.1. The molecule has 9 heteroatoms. The molecule has 1 saturated heterocycles. The van der Waals surface area contributed by atoms with E-state index in [1.807, 2.05) is 30.0 Å². The van der Waals surface area contributed by atoms with E-state index in [9.17, 15) is 4.79 Å². The van der Waals surface area contributed by atoms with Gasteiger partial charge in [-0.3, -0.25) is 4.79 Å². The second-order valence-electron chi connectivity index (χ2n) is 6.91. The highest BCUT2D eigenvalue weighted by Gasteiger charge is 2.32. The van der Waals surface area contributed by atoms with Crippen LogP contribution in [0.1, 0.15) is 30.2 Å². The molecule has 1 atom stereocenters. The fraction of sp³-hybridized carbons (Fsp3) is 0.381. The van der Waals surface area contributed by atoms with Crippen LogP contribution in [0.25, 0.3) is 11.5 Å². The van der Waals surface area contributed by atoms with E-state index in [1.54, 1.807) is 26.5 Å². The summed E-state index contributed by atoms with van der Waals surface area (Å²) in [5.41, 5.74) is 1.72. The fourth-order valence-electron chi connectivity index (χ4n) is 3.68. The van der Waals surface area contributed by atoms with Crippen molar-refractivity contribution in [3.05, 3.63) is 41.9 Å². The number of methoxy groups -OCH3 is 2. The van der Waals surface area contributed by atoms with E-state index in [0.29, 0.717) is 23.4 Å². The third-order valence-corrected chi connectivity index (χ3v) is 5.99. The zero-order chi connectivity index (χ0) is 21.1. The van der Waals surface area contributed by atoms with Crippen LogP contribution in [0, 0.1) is 6.92 Å². The number of hydrogen-bond acceptors (Lipinski definition) is 8. The number of carbonyl (C=O) groups is 1. The number of hydrogen-bond donors (Lipinski definition) is 0. The van der Waals surface area contributed by atoms with Crippen molar-refractivity contribution in [3.63, 3.8) is 0 Å². The van der Waals surface area contributed by atoms with Crippen molar-refractivity contribution >= 4 is 17.7 Å². The lowest BCUT2D eigenvalue weighted by molar-refractivity contribution is -0.129. The van der Waals surface area contributed by atoms with Crippen molar-refractivity contribution < 1.29 is 23.1 Å². The van der Waals surface area contributed by atoms with Crippen LogP contribution in [0.2, 0.25) is 0 Å². The zero-order valence-electron chi connectivity index (χ0n) is 17.1. The largest absolute Gasteiger partial charge is 0.497 e. The predicted octanol–water partition coefficient (Wildman–Crippen LogP) is 4.11. The van der Waals surface area contributed by atoms with Gasteiger partial charge in [0.2, 0.25) is 5.91 Å². The Balaban J connectivity index is 1.45. The van der Waals surface area contributed by atoms with Crippen LogP contribution in [0.15, 0.2) is 44.6 Å². The average Bonchev–Trinajstić information content (AvgIpc) is 3.51. The second kappa shape index (κ2) is 8.83. The van der Waals surface area contributed by atoms with E-state index in [2.05, 4.69) is 10.2 Å². The molecule has 2 aromatic heterocycles. The molecule has 1 aromatic carbocycles. The number of rotatable bonds is 7. The lowest BCUT2D eigenvalue weighted by Crippen LogP contribution is -2.32. The number of aryl methyl sites for hydroxylation is 1. The maximum absolute atomic E-state index is 13.0. The summed E-state index contributed by atoms with van der Waals surface area (Å²) in [5.74, 6) is 2.83. The molecule has 3 heterocycles. The molecule has 1 aliphatic heterocycles. The standard InChI is InChI=1S/C21H23N3O5S/c1-13-15(8-10-28-13)20-22-23-21(29-20)30-12-19(25)24-9-4-5-17(24)16-11-14(26-2)6-7-18(16)27-3/h6-8,10-11,17H,4-5,9,12H2,1-3H3/t17-/m1/s1. The van der Waals surface area contributed by atoms with Gasteiger partial charge >= 0.3 is 0 Å². The van der Waals surface area contributed by atoms with Gasteiger partial charge in [-0.05, 0) is 44.0 Å². The number of ether oxygens (including phenoxy) is 2. The number of thioether (sulfide) groups is 1. The zero-order valence-corrected chi connectivity index (χ0v) is 17.9. The Morgan fingerprint density at radius 3 is 2.87 bits per heavy atom. The summed E-state index contributed by atoms with van der Waals surface area (Å²) < 4.78 is 21.8. The average molecular weight is 429 g/mol. The number of furan rings is 1. The molecule has 1 fully saturated rings. The molecule has 4 rings (SSSR count). The molecule has 0 unspecified atom stereocenters. The van der Waals surface area contributed by atoms with E-state index in [-0.39, 0.29) is 17.7 Å². The van der Waals surface area contributed by atoms with Crippen LogP contribution in [0.5, 0.6) is 11.5 Å². The minimum Gasteiger partial charge on any atom is -0.497 e. The molecule has 0 radical (unpaired) electrons. The molecular weight excluding hydrogens is 406 g/mol. The van der Waals surface area contributed by atoms with Crippen LogP contribution >= 0.6 is 11.8 Å². The Labute approximate surface area is 178 Å². The summed E-state index contributed by atoms with van der Waals surface area (Å²) in [7, 11) is 3.26. The molecule has 0 spiro atoms. The molecular formula is C21H23N3O5S. The first-order valence-corrected chi connectivity index (χ1v) is 10.6. The minimum absolute atomic E-state index is 0.0200. The van der Waals surface area contributed by atoms with Gasteiger partial charge in [0.25, 0.3) is 11.1 Å². The molecule has 30 heavy (non-hydrogen) atoms. The maximum Gasteiger partial charge on any atom is 0.277 e. The van der Waals surface area contributed by atoms with E-state index in [0.717, 1.165) is 35.5 Å². The highest BCUT2D eigenvalue weighted by molar-refractivity contribution is 7.99. The number of likely N-dealkylation sites (tertiary alicyclic amines) is 1. The molecule has 0 N–H and O–H groups in total. The van der Waals surface area contributed by atoms with Crippen LogP contribution in [0.3, 0.4) is 0 Å². The van der Waals surface area contributed by atoms with Crippen molar-refractivity contribution in [2.75, 3.05) is 26.5 Å². The molecule has 158 valence electrons. The van der Waals surface area contributed by atoms with Crippen molar-refractivity contribution in [1.29, 1.82) is 0 Å². The van der Waals surface area contributed by atoms with Crippen LogP contribution in [-0.2, 0) is 4.79 Å². The molecule has 3 aromatic rings. The lowest BCUT2D eigenvalue weighted by atomic mass is 10.0. The first kappa shape index (κ1) is 20.3. The Hall–Kier alpha value is -2.94. The number of carbonyl (C=O) groups excluding carboxylic acids is 1. The van der Waals surface area contributed by atoms with Crippen molar-refractivity contribution in [2.24, 2.45) is 0 Å². The number of nitrogens with zero attached hydrogens (tertiary/aromatic N) is 3. The number of amides is 1. The Morgan fingerprint density at radius 2 is 2.13 bits per heavy atom. The first-order chi connectivity index (χ1) is 14.6. The third kappa shape index (κ3) is 4.02. The van der Waals surface area contributed by atoms with Gasteiger partial charge in [-0.1, -0.05) is 11.8 Å². The van der Waals surface area contributed by atoms with Gasteiger partial charge in [-0.25, -0.2) is 0 Å². The van der Waals surface area contributed by atoms with E-state index >= 15 is 0 Å². The molecule has 0 saturated carbocycles. The van der Waals surface area contributed by atoms with E-state index < -0.39 is 0 Å². The molecule has 1 aliphatic rings. The summed E-state index contributed by atoms with van der Waals surface area (Å²) in [6.45, 7) is 2.53. The fourth-order valence-corrected chi connectivity index (χ4v) is 4.33. The smallest absolute Gasteiger partial charge is 0.277 e. The van der Waals surface area contributed by atoms with Crippen molar-refractivity contribution in [3.8, 4) is 23.0 Å². The van der Waals surface area contributed by atoms with Gasteiger partial charge in [0, 0.05) is 12.1 Å². The van der Waals surface area contributed by atoms with Crippen LogP contribution in [0.4, 0.5) is 0 Å². The second-order valence-corrected chi connectivity index (χ2v) is 7.83. The van der Waals surface area contributed by atoms with Crippen LogP contribution < -0.4 is 9.47 Å². The van der Waals surface area contributed by atoms with E-state index in [4.69, 9.17) is 18.3 Å².